The van der Waals surface area contributed by atoms with Crippen LogP contribution in [0.2, 0.25) is 5.02 Å². The SMILES string of the molecule is O=C(Nc1ccc(-c2ccc(CO)o2)c(Cl)c1)C(Cl)(Cl)Cl. The van der Waals surface area contributed by atoms with Crippen LogP contribution in [0.15, 0.2) is 34.7 Å². The first kappa shape index (κ1) is 16.5. The number of carbonyl (C=O) groups excluding carboxylic acids is 1. The summed E-state index contributed by atoms with van der Waals surface area (Å²) in [5.74, 6) is 0.148. The van der Waals surface area contributed by atoms with Crippen LogP contribution < -0.4 is 5.32 Å². The summed E-state index contributed by atoms with van der Waals surface area (Å²) in [7, 11) is 0. The molecule has 4 nitrogen and oxygen atoms in total. The second-order valence-electron chi connectivity index (χ2n) is 4.07. The van der Waals surface area contributed by atoms with Crippen molar-refractivity contribution in [3.63, 3.8) is 0 Å². The third-order valence-electron chi connectivity index (χ3n) is 2.57. The van der Waals surface area contributed by atoms with Crippen molar-refractivity contribution in [3.8, 4) is 11.3 Å². The molecule has 0 atom stereocenters. The molecule has 0 aliphatic heterocycles. The lowest BCUT2D eigenvalue weighted by Crippen LogP contribution is -2.26. The van der Waals surface area contributed by atoms with Gasteiger partial charge in [-0.2, -0.15) is 0 Å². The normalized spacial score (nSPS) is 11.5. The van der Waals surface area contributed by atoms with E-state index in [1.807, 2.05) is 0 Å². The van der Waals surface area contributed by atoms with Crippen LogP contribution in [0.25, 0.3) is 11.3 Å². The van der Waals surface area contributed by atoms with Crippen molar-refractivity contribution in [2.45, 2.75) is 10.4 Å². The Balaban J connectivity index is 2.23. The minimum atomic E-state index is -2.05. The second kappa shape index (κ2) is 6.46. The van der Waals surface area contributed by atoms with Crippen LogP contribution in [0.3, 0.4) is 0 Å². The molecule has 1 aromatic heterocycles. The summed E-state index contributed by atoms with van der Waals surface area (Å²) in [6.07, 6.45) is 0. The number of carbonyl (C=O) groups is 1. The minimum Gasteiger partial charge on any atom is -0.459 e. The lowest BCUT2D eigenvalue weighted by Gasteiger charge is -2.12. The van der Waals surface area contributed by atoms with E-state index in [1.54, 1.807) is 24.3 Å². The highest BCUT2D eigenvalue weighted by atomic mass is 35.6. The molecule has 0 saturated carbocycles. The molecule has 0 saturated heterocycles. The summed E-state index contributed by atoms with van der Waals surface area (Å²) in [5.41, 5.74) is 0.997. The van der Waals surface area contributed by atoms with E-state index in [0.717, 1.165) is 0 Å². The molecule has 2 rings (SSSR count). The van der Waals surface area contributed by atoms with Gasteiger partial charge < -0.3 is 14.8 Å². The molecule has 0 fully saturated rings. The van der Waals surface area contributed by atoms with E-state index in [4.69, 9.17) is 55.9 Å². The van der Waals surface area contributed by atoms with E-state index in [1.165, 1.54) is 6.07 Å². The predicted octanol–water partition coefficient (Wildman–Crippen LogP) is 4.40. The van der Waals surface area contributed by atoms with E-state index >= 15 is 0 Å². The van der Waals surface area contributed by atoms with Gasteiger partial charge >= 0.3 is 0 Å². The number of alkyl halides is 3. The fraction of sp³-hybridized carbons (Fsp3) is 0.154. The van der Waals surface area contributed by atoms with Gasteiger partial charge in [-0.25, -0.2) is 0 Å². The second-order valence-corrected chi connectivity index (χ2v) is 6.76. The zero-order valence-corrected chi connectivity index (χ0v) is 13.4. The number of hydrogen-bond acceptors (Lipinski definition) is 3. The average molecular weight is 369 g/mol. The highest BCUT2D eigenvalue weighted by Crippen LogP contribution is 2.33. The molecule has 0 aliphatic rings. The predicted molar refractivity (Wildman–Crippen MR) is 84.0 cm³/mol. The first-order valence-electron chi connectivity index (χ1n) is 5.69. The molecule has 8 heteroatoms. The maximum absolute atomic E-state index is 11.5. The number of anilines is 1. The minimum absolute atomic E-state index is 0.199. The lowest BCUT2D eigenvalue weighted by atomic mass is 10.1. The smallest absolute Gasteiger partial charge is 0.276 e. The third kappa shape index (κ3) is 4.05. The molecule has 0 radical (unpaired) electrons. The van der Waals surface area contributed by atoms with Crippen LogP contribution in [0.1, 0.15) is 5.76 Å². The summed E-state index contributed by atoms with van der Waals surface area (Å²) in [5, 5.41) is 11.7. The molecule has 112 valence electrons. The molecule has 0 unspecified atom stereocenters. The molecule has 0 aliphatic carbocycles. The Hall–Kier alpha value is -0.910. The summed E-state index contributed by atoms with van der Waals surface area (Å²) in [6, 6.07) is 8.08. The number of furan rings is 1. The molecule has 0 bridgehead atoms. The number of benzene rings is 1. The Morgan fingerprint density at radius 2 is 1.95 bits per heavy atom. The van der Waals surface area contributed by atoms with Gasteiger partial charge in [-0.3, -0.25) is 4.79 Å². The Bertz CT molecular complexity index is 664. The first-order valence-corrected chi connectivity index (χ1v) is 7.20. The number of amides is 1. The zero-order chi connectivity index (χ0) is 15.6. The van der Waals surface area contributed by atoms with Crippen molar-refractivity contribution in [1.82, 2.24) is 0 Å². The fourth-order valence-electron chi connectivity index (χ4n) is 1.60. The average Bonchev–Trinajstić information content (AvgIpc) is 2.86. The fourth-order valence-corrected chi connectivity index (χ4v) is 2.02. The monoisotopic (exact) mass is 367 g/mol. The number of aliphatic hydroxyl groups is 1. The summed E-state index contributed by atoms with van der Waals surface area (Å²) < 4.78 is 3.34. The molecule has 21 heavy (non-hydrogen) atoms. The quantitative estimate of drug-likeness (QED) is 0.789. The van der Waals surface area contributed by atoms with Gasteiger partial charge in [-0.15, -0.1) is 0 Å². The number of nitrogens with one attached hydrogen (secondary N) is 1. The van der Waals surface area contributed by atoms with Gasteiger partial charge in [0.2, 0.25) is 0 Å². The standard InChI is InChI=1S/C13H9Cl4NO3/c14-10-5-7(18-12(20)13(15,16)17)1-3-9(10)11-4-2-8(6-19)21-11/h1-5,19H,6H2,(H,18,20). The van der Waals surface area contributed by atoms with Crippen LogP contribution in [0.5, 0.6) is 0 Å². The van der Waals surface area contributed by atoms with E-state index < -0.39 is 9.70 Å². The summed E-state index contributed by atoms with van der Waals surface area (Å²) >= 11 is 22.5. The van der Waals surface area contributed by atoms with E-state index in [2.05, 4.69) is 5.32 Å². The maximum Gasteiger partial charge on any atom is 0.276 e. The van der Waals surface area contributed by atoms with Crippen LogP contribution in [0.4, 0.5) is 5.69 Å². The van der Waals surface area contributed by atoms with Gasteiger partial charge in [0.1, 0.15) is 18.1 Å². The van der Waals surface area contributed by atoms with Gasteiger partial charge in [-0.1, -0.05) is 46.4 Å². The number of halogens is 4. The third-order valence-corrected chi connectivity index (χ3v) is 3.40. The van der Waals surface area contributed by atoms with E-state index in [0.29, 0.717) is 27.8 Å². The van der Waals surface area contributed by atoms with Gasteiger partial charge in [0.15, 0.2) is 0 Å². The Morgan fingerprint density at radius 3 is 2.48 bits per heavy atom. The van der Waals surface area contributed by atoms with Gasteiger partial charge in [0, 0.05) is 11.3 Å². The topological polar surface area (TPSA) is 62.5 Å². The van der Waals surface area contributed by atoms with Crippen molar-refractivity contribution < 1.29 is 14.3 Å². The summed E-state index contributed by atoms with van der Waals surface area (Å²) in [6.45, 7) is -0.199. The van der Waals surface area contributed by atoms with Gasteiger partial charge in [0.25, 0.3) is 9.70 Å². The zero-order valence-electron chi connectivity index (χ0n) is 10.4. The number of rotatable bonds is 3. The first-order chi connectivity index (χ1) is 9.81. The molecule has 1 amide bonds. The molecule has 2 aromatic rings. The highest BCUT2D eigenvalue weighted by molar-refractivity contribution is 6.76. The van der Waals surface area contributed by atoms with Gasteiger partial charge in [0.05, 0.1) is 5.02 Å². The van der Waals surface area contributed by atoms with Crippen molar-refractivity contribution in [2.75, 3.05) is 5.32 Å². The van der Waals surface area contributed by atoms with Crippen molar-refractivity contribution in [1.29, 1.82) is 0 Å². The highest BCUT2D eigenvalue weighted by Gasteiger charge is 2.30. The Morgan fingerprint density at radius 1 is 1.24 bits per heavy atom. The van der Waals surface area contributed by atoms with Crippen LogP contribution in [-0.2, 0) is 11.4 Å². The summed E-state index contributed by atoms with van der Waals surface area (Å²) in [4.78, 5) is 11.5. The number of hydrogen-bond donors (Lipinski definition) is 2. The van der Waals surface area contributed by atoms with E-state index in [-0.39, 0.29) is 6.61 Å². The molecule has 1 heterocycles. The molecule has 1 aromatic carbocycles. The van der Waals surface area contributed by atoms with Crippen molar-refractivity contribution >= 4 is 58.0 Å². The largest absolute Gasteiger partial charge is 0.459 e. The van der Waals surface area contributed by atoms with Gasteiger partial charge in [-0.05, 0) is 30.3 Å². The van der Waals surface area contributed by atoms with E-state index in [9.17, 15) is 4.79 Å². The van der Waals surface area contributed by atoms with Crippen molar-refractivity contribution in [2.24, 2.45) is 0 Å². The number of aliphatic hydroxyl groups excluding tert-OH is 1. The molecule has 2 N–H and O–H groups in total. The lowest BCUT2D eigenvalue weighted by molar-refractivity contribution is -0.115. The Labute approximate surface area is 140 Å². The maximum atomic E-state index is 11.5. The van der Waals surface area contributed by atoms with Crippen LogP contribution in [0, 0.1) is 0 Å². The van der Waals surface area contributed by atoms with Crippen LogP contribution in [-0.4, -0.2) is 14.8 Å². The van der Waals surface area contributed by atoms with Crippen molar-refractivity contribution in [3.05, 3.63) is 41.1 Å². The molecular formula is C13H9Cl4NO3. The molecular weight excluding hydrogens is 360 g/mol. The van der Waals surface area contributed by atoms with Crippen LogP contribution >= 0.6 is 46.4 Å². The Kier molecular flexibility index (Phi) is 5.07. The molecule has 0 spiro atoms.